The van der Waals surface area contributed by atoms with E-state index in [4.69, 9.17) is 17.2 Å². The molecule has 0 unspecified atom stereocenters. The molecule has 7 heteroatoms. The Kier molecular flexibility index (Phi) is 5.95. The maximum absolute atomic E-state index is 11.9. The zero-order valence-electron chi connectivity index (χ0n) is 11.4. The summed E-state index contributed by atoms with van der Waals surface area (Å²) in [4.78, 5) is 15.5. The van der Waals surface area contributed by atoms with Gasteiger partial charge in [-0.3, -0.25) is 4.79 Å². The number of aromatic nitrogens is 1. The average Bonchev–Trinajstić information content (AvgIpc) is 2.92. The minimum absolute atomic E-state index is 0. The van der Waals surface area contributed by atoms with E-state index >= 15 is 0 Å². The normalized spacial score (nSPS) is 9.76. The van der Waals surface area contributed by atoms with Gasteiger partial charge in [0.1, 0.15) is 0 Å². The molecule has 0 aliphatic rings. The van der Waals surface area contributed by atoms with Crippen molar-refractivity contribution in [3.05, 3.63) is 53.9 Å². The molecule has 0 atom stereocenters. The number of hydrogen-bond acceptors (Lipinski definition) is 2. The van der Waals surface area contributed by atoms with Crippen molar-refractivity contribution in [3.8, 4) is 5.69 Å². The second-order valence-corrected chi connectivity index (χ2v) is 4.36. The lowest BCUT2D eigenvalue weighted by atomic mass is 10.1. The Morgan fingerprint density at radius 1 is 1.14 bits per heavy atom. The summed E-state index contributed by atoms with van der Waals surface area (Å²) < 4.78 is 1.91. The molecule has 1 aromatic heterocycles. The van der Waals surface area contributed by atoms with Crippen LogP contribution in [0.1, 0.15) is 15.9 Å². The van der Waals surface area contributed by atoms with E-state index < -0.39 is 5.91 Å². The Bertz CT molecular complexity index is 633. The first-order chi connectivity index (χ1) is 9.60. The molecule has 1 heterocycles. The SMILES string of the molecule is Cl.NCCc1cc(C(=O)N=C(N)N)cc(-n2cccc2)c1. The van der Waals surface area contributed by atoms with Crippen LogP contribution in [0, 0.1) is 0 Å². The molecule has 0 radical (unpaired) electrons. The van der Waals surface area contributed by atoms with Crippen LogP contribution >= 0.6 is 12.4 Å². The van der Waals surface area contributed by atoms with Crippen LogP contribution in [-0.4, -0.2) is 23.0 Å². The highest BCUT2D eigenvalue weighted by Crippen LogP contribution is 2.16. The third-order valence-corrected chi connectivity index (χ3v) is 2.79. The van der Waals surface area contributed by atoms with E-state index in [0.29, 0.717) is 18.5 Å². The standard InChI is InChI=1S/C14H17N5O.ClH/c15-4-3-10-7-11(13(20)18-14(16)17)9-12(8-10)19-5-1-2-6-19;/h1-2,5-9H,3-4,15H2,(H4,16,17,18,20);1H. The molecule has 21 heavy (non-hydrogen) atoms. The number of guanidine groups is 1. The summed E-state index contributed by atoms with van der Waals surface area (Å²) in [5, 5.41) is 0. The highest BCUT2D eigenvalue weighted by atomic mass is 35.5. The number of amides is 1. The van der Waals surface area contributed by atoms with E-state index in [9.17, 15) is 4.79 Å². The highest BCUT2D eigenvalue weighted by molar-refractivity contribution is 6.02. The van der Waals surface area contributed by atoms with Crippen LogP contribution in [0.15, 0.2) is 47.7 Å². The van der Waals surface area contributed by atoms with Crippen LogP contribution in [0.3, 0.4) is 0 Å². The summed E-state index contributed by atoms with van der Waals surface area (Å²) in [7, 11) is 0. The number of aliphatic imine (C=N–C) groups is 1. The van der Waals surface area contributed by atoms with E-state index in [-0.39, 0.29) is 18.4 Å². The largest absolute Gasteiger partial charge is 0.370 e. The Hall–Kier alpha value is -2.31. The van der Waals surface area contributed by atoms with Crippen LogP contribution in [0.4, 0.5) is 0 Å². The topological polar surface area (TPSA) is 112 Å². The van der Waals surface area contributed by atoms with E-state index in [1.54, 1.807) is 12.1 Å². The number of hydrogen-bond donors (Lipinski definition) is 3. The van der Waals surface area contributed by atoms with Gasteiger partial charge >= 0.3 is 0 Å². The molecule has 2 aromatic rings. The maximum atomic E-state index is 11.9. The van der Waals surface area contributed by atoms with Gasteiger partial charge in [-0.05, 0) is 48.9 Å². The van der Waals surface area contributed by atoms with Crippen LogP contribution in [0.25, 0.3) is 5.69 Å². The molecule has 0 saturated heterocycles. The lowest BCUT2D eigenvalue weighted by molar-refractivity contribution is 0.100. The van der Waals surface area contributed by atoms with Crippen molar-refractivity contribution < 1.29 is 4.79 Å². The molecule has 0 aliphatic heterocycles. The van der Waals surface area contributed by atoms with Crippen molar-refractivity contribution in [1.29, 1.82) is 0 Å². The van der Waals surface area contributed by atoms with Gasteiger partial charge in [0.15, 0.2) is 5.96 Å². The van der Waals surface area contributed by atoms with Crippen molar-refractivity contribution >= 4 is 24.3 Å². The van der Waals surface area contributed by atoms with Crippen molar-refractivity contribution in [2.24, 2.45) is 22.2 Å². The first kappa shape index (κ1) is 16.7. The van der Waals surface area contributed by atoms with Crippen LogP contribution in [-0.2, 0) is 6.42 Å². The predicted molar refractivity (Wildman–Crippen MR) is 85.9 cm³/mol. The van der Waals surface area contributed by atoms with Crippen molar-refractivity contribution in [1.82, 2.24) is 4.57 Å². The molecular weight excluding hydrogens is 290 g/mol. The highest BCUT2D eigenvalue weighted by Gasteiger charge is 2.09. The van der Waals surface area contributed by atoms with Gasteiger partial charge in [0.2, 0.25) is 0 Å². The summed E-state index contributed by atoms with van der Waals surface area (Å²) >= 11 is 0. The third-order valence-electron chi connectivity index (χ3n) is 2.79. The molecule has 112 valence electrons. The van der Waals surface area contributed by atoms with Gasteiger partial charge in [-0.1, -0.05) is 0 Å². The number of carbonyl (C=O) groups excluding carboxylic acids is 1. The van der Waals surface area contributed by atoms with Gasteiger partial charge < -0.3 is 21.8 Å². The molecule has 0 bridgehead atoms. The van der Waals surface area contributed by atoms with Crippen LogP contribution in [0.5, 0.6) is 0 Å². The zero-order valence-corrected chi connectivity index (χ0v) is 12.2. The number of nitrogens with two attached hydrogens (primary N) is 3. The molecule has 0 aliphatic carbocycles. The molecule has 0 saturated carbocycles. The Morgan fingerprint density at radius 3 is 2.38 bits per heavy atom. The number of nitrogens with zero attached hydrogens (tertiary/aromatic N) is 2. The summed E-state index contributed by atoms with van der Waals surface area (Å²) in [5.74, 6) is -0.709. The predicted octanol–water partition coefficient (Wildman–Crippen LogP) is 0.814. The quantitative estimate of drug-likeness (QED) is 0.573. The molecule has 6 N–H and O–H groups in total. The molecule has 0 spiro atoms. The van der Waals surface area contributed by atoms with Crippen molar-refractivity contribution in [2.45, 2.75) is 6.42 Å². The van der Waals surface area contributed by atoms with Crippen LogP contribution < -0.4 is 17.2 Å². The zero-order chi connectivity index (χ0) is 14.5. The maximum Gasteiger partial charge on any atom is 0.280 e. The summed E-state index contributed by atoms with van der Waals surface area (Å²) in [6.07, 6.45) is 4.48. The second kappa shape index (κ2) is 7.47. The van der Waals surface area contributed by atoms with E-state index in [1.165, 1.54) is 0 Å². The average molecular weight is 308 g/mol. The van der Waals surface area contributed by atoms with Gasteiger partial charge in [0.25, 0.3) is 5.91 Å². The van der Waals surface area contributed by atoms with Gasteiger partial charge in [-0.15, -0.1) is 12.4 Å². The number of benzene rings is 1. The number of carbonyl (C=O) groups is 1. The first-order valence-corrected chi connectivity index (χ1v) is 6.21. The fourth-order valence-corrected chi connectivity index (χ4v) is 1.95. The molecule has 1 amide bonds. The van der Waals surface area contributed by atoms with E-state index in [1.807, 2.05) is 35.2 Å². The first-order valence-electron chi connectivity index (χ1n) is 6.21. The summed E-state index contributed by atoms with van der Waals surface area (Å²) in [6.45, 7) is 0.505. The lowest BCUT2D eigenvalue weighted by Gasteiger charge is -2.09. The van der Waals surface area contributed by atoms with Gasteiger partial charge in [-0.25, -0.2) is 0 Å². The molecule has 6 nitrogen and oxygen atoms in total. The van der Waals surface area contributed by atoms with Crippen molar-refractivity contribution in [2.75, 3.05) is 6.54 Å². The second-order valence-electron chi connectivity index (χ2n) is 4.36. The van der Waals surface area contributed by atoms with Gasteiger partial charge in [-0.2, -0.15) is 4.99 Å². The minimum Gasteiger partial charge on any atom is -0.370 e. The third kappa shape index (κ3) is 4.34. The van der Waals surface area contributed by atoms with Crippen molar-refractivity contribution in [3.63, 3.8) is 0 Å². The molecule has 2 rings (SSSR count). The fourth-order valence-electron chi connectivity index (χ4n) is 1.95. The molecule has 0 fully saturated rings. The Balaban J connectivity index is 0.00000220. The van der Waals surface area contributed by atoms with Gasteiger partial charge in [0, 0.05) is 23.6 Å². The minimum atomic E-state index is -0.461. The van der Waals surface area contributed by atoms with E-state index in [2.05, 4.69) is 4.99 Å². The van der Waals surface area contributed by atoms with Crippen LogP contribution in [0.2, 0.25) is 0 Å². The van der Waals surface area contributed by atoms with E-state index in [0.717, 1.165) is 11.3 Å². The number of rotatable bonds is 4. The Labute approximate surface area is 129 Å². The Morgan fingerprint density at radius 2 is 1.81 bits per heavy atom. The van der Waals surface area contributed by atoms with Gasteiger partial charge in [0.05, 0.1) is 0 Å². The summed E-state index contributed by atoms with van der Waals surface area (Å²) in [5.41, 5.74) is 18.3. The summed E-state index contributed by atoms with van der Waals surface area (Å²) in [6, 6.07) is 9.31. The fraction of sp³-hybridized carbons (Fsp3) is 0.143. The molecule has 1 aromatic carbocycles. The lowest BCUT2D eigenvalue weighted by Crippen LogP contribution is -2.24. The monoisotopic (exact) mass is 307 g/mol. The smallest absolute Gasteiger partial charge is 0.280 e. The number of halogens is 1. The molecular formula is C14H18ClN5O.